The zero-order valence-corrected chi connectivity index (χ0v) is 15.0. The average molecular weight is 349 g/mol. The lowest BCUT2D eigenvalue weighted by Crippen LogP contribution is -2.14. The number of fused-ring (bicyclic) bond motifs is 1. The molecular weight excluding hydrogens is 326 g/mol. The number of nitrogens with one attached hydrogen (secondary N) is 1. The van der Waals surface area contributed by atoms with Crippen LogP contribution in [-0.4, -0.2) is 18.5 Å². The van der Waals surface area contributed by atoms with E-state index in [0.29, 0.717) is 13.0 Å². The van der Waals surface area contributed by atoms with Gasteiger partial charge < -0.3 is 10.1 Å². The van der Waals surface area contributed by atoms with E-state index in [9.17, 15) is 9.59 Å². The second-order valence-corrected chi connectivity index (χ2v) is 6.39. The van der Waals surface area contributed by atoms with Crippen molar-refractivity contribution in [2.24, 2.45) is 0 Å². The van der Waals surface area contributed by atoms with Crippen molar-refractivity contribution in [3.63, 3.8) is 0 Å². The van der Waals surface area contributed by atoms with Gasteiger partial charge >= 0.3 is 5.97 Å². The highest BCUT2D eigenvalue weighted by Gasteiger charge is 2.12. The minimum Gasteiger partial charge on any atom is -0.463 e. The first-order valence-corrected chi connectivity index (χ1v) is 8.99. The molecule has 1 aliphatic carbocycles. The summed E-state index contributed by atoms with van der Waals surface area (Å²) in [5, 5.41) is 2.92. The Morgan fingerprint density at radius 3 is 2.62 bits per heavy atom. The lowest BCUT2D eigenvalue weighted by atomic mass is 10.0. The molecule has 0 bridgehead atoms. The zero-order chi connectivity index (χ0) is 18.4. The number of rotatable bonds is 6. The molecule has 2 aromatic carbocycles. The molecule has 3 rings (SSSR count). The van der Waals surface area contributed by atoms with Crippen molar-refractivity contribution in [2.75, 3.05) is 11.9 Å². The molecule has 1 aliphatic rings. The molecule has 0 aromatic heterocycles. The van der Waals surface area contributed by atoms with Gasteiger partial charge in [0.25, 0.3) is 0 Å². The van der Waals surface area contributed by atoms with Crippen LogP contribution in [-0.2, 0) is 33.6 Å². The summed E-state index contributed by atoms with van der Waals surface area (Å²) in [7, 11) is 0. The van der Waals surface area contributed by atoms with E-state index in [0.717, 1.165) is 29.7 Å². The standard InChI is InChI=1S/C22H23NO3/c1-2-26-22(25)13-9-16-7-11-20(12-8-16)23-21(24)15-17-6-10-18-4-3-5-19(18)14-17/h6-14H,2-5,15H2,1H3,(H,23,24). The molecule has 0 unspecified atom stereocenters. The Morgan fingerprint density at radius 1 is 1.08 bits per heavy atom. The van der Waals surface area contributed by atoms with Gasteiger partial charge in [-0.1, -0.05) is 30.3 Å². The number of anilines is 1. The van der Waals surface area contributed by atoms with Crippen molar-refractivity contribution >= 4 is 23.6 Å². The molecule has 26 heavy (non-hydrogen) atoms. The number of hydrogen-bond acceptors (Lipinski definition) is 3. The second-order valence-electron chi connectivity index (χ2n) is 6.39. The Bertz CT molecular complexity index is 822. The molecular formula is C22H23NO3. The average Bonchev–Trinajstić information content (AvgIpc) is 3.09. The molecule has 0 spiro atoms. The second kappa shape index (κ2) is 8.48. The third-order valence-corrected chi connectivity index (χ3v) is 4.42. The van der Waals surface area contributed by atoms with E-state index in [1.807, 2.05) is 30.3 Å². The smallest absolute Gasteiger partial charge is 0.330 e. The quantitative estimate of drug-likeness (QED) is 0.635. The number of carbonyl (C=O) groups is 2. The van der Waals surface area contributed by atoms with Gasteiger partial charge in [0.05, 0.1) is 13.0 Å². The molecule has 0 saturated carbocycles. The van der Waals surface area contributed by atoms with Crippen molar-refractivity contribution in [3.8, 4) is 0 Å². The van der Waals surface area contributed by atoms with Crippen LogP contribution in [0.2, 0.25) is 0 Å². The van der Waals surface area contributed by atoms with Crippen LogP contribution < -0.4 is 5.32 Å². The van der Waals surface area contributed by atoms with Crippen molar-refractivity contribution < 1.29 is 14.3 Å². The minimum absolute atomic E-state index is 0.0298. The van der Waals surface area contributed by atoms with Gasteiger partial charge in [-0.15, -0.1) is 0 Å². The first-order chi connectivity index (χ1) is 12.6. The molecule has 134 valence electrons. The largest absolute Gasteiger partial charge is 0.463 e. The molecule has 2 aromatic rings. The van der Waals surface area contributed by atoms with Gasteiger partial charge in [-0.2, -0.15) is 0 Å². The van der Waals surface area contributed by atoms with Gasteiger partial charge in [-0.25, -0.2) is 4.79 Å². The van der Waals surface area contributed by atoms with Crippen LogP contribution in [0.1, 0.15) is 35.6 Å². The van der Waals surface area contributed by atoms with Gasteiger partial charge in [-0.05, 0) is 66.6 Å². The predicted molar refractivity (Wildman–Crippen MR) is 103 cm³/mol. The van der Waals surface area contributed by atoms with E-state index >= 15 is 0 Å². The zero-order valence-electron chi connectivity index (χ0n) is 15.0. The van der Waals surface area contributed by atoms with E-state index in [4.69, 9.17) is 4.74 Å². The van der Waals surface area contributed by atoms with Crippen LogP contribution in [0.15, 0.2) is 48.5 Å². The van der Waals surface area contributed by atoms with E-state index in [1.54, 1.807) is 13.0 Å². The Hall–Kier alpha value is -2.88. The normalized spacial score (nSPS) is 12.8. The summed E-state index contributed by atoms with van der Waals surface area (Å²) >= 11 is 0. The fourth-order valence-electron chi connectivity index (χ4n) is 3.16. The van der Waals surface area contributed by atoms with Gasteiger partial charge in [0, 0.05) is 11.8 Å². The maximum Gasteiger partial charge on any atom is 0.330 e. The monoisotopic (exact) mass is 349 g/mol. The molecule has 4 nitrogen and oxygen atoms in total. The molecule has 0 radical (unpaired) electrons. The topological polar surface area (TPSA) is 55.4 Å². The Kier molecular flexibility index (Phi) is 5.84. The summed E-state index contributed by atoms with van der Waals surface area (Å²) in [5.74, 6) is -0.392. The van der Waals surface area contributed by atoms with Crippen LogP contribution in [0.4, 0.5) is 5.69 Å². The molecule has 0 saturated heterocycles. The molecule has 1 N–H and O–H groups in total. The number of aryl methyl sites for hydroxylation is 2. The highest BCUT2D eigenvalue weighted by atomic mass is 16.5. The fraction of sp³-hybridized carbons (Fsp3) is 0.273. The number of ether oxygens (including phenoxy) is 1. The number of carbonyl (C=O) groups excluding carboxylic acids is 2. The first-order valence-electron chi connectivity index (χ1n) is 8.99. The molecule has 0 aliphatic heterocycles. The maximum absolute atomic E-state index is 12.3. The number of esters is 1. The third kappa shape index (κ3) is 4.82. The summed E-state index contributed by atoms with van der Waals surface area (Å²) in [6, 6.07) is 13.7. The van der Waals surface area contributed by atoms with Crippen LogP contribution >= 0.6 is 0 Å². The summed E-state index contributed by atoms with van der Waals surface area (Å²) in [6.07, 6.45) is 6.93. The Morgan fingerprint density at radius 2 is 1.85 bits per heavy atom. The van der Waals surface area contributed by atoms with E-state index in [1.165, 1.54) is 23.6 Å². The third-order valence-electron chi connectivity index (χ3n) is 4.42. The SMILES string of the molecule is CCOC(=O)C=Cc1ccc(NC(=O)Cc2ccc3c(c2)CCC3)cc1. The predicted octanol–water partition coefficient (Wildman–Crippen LogP) is 3.93. The van der Waals surface area contributed by atoms with Gasteiger partial charge in [0.2, 0.25) is 5.91 Å². The summed E-state index contributed by atoms with van der Waals surface area (Å²) < 4.78 is 4.84. The number of amides is 1. The molecule has 0 atom stereocenters. The van der Waals surface area contributed by atoms with Gasteiger partial charge in [-0.3, -0.25) is 4.79 Å². The molecule has 0 fully saturated rings. The van der Waals surface area contributed by atoms with E-state index in [2.05, 4.69) is 17.4 Å². The van der Waals surface area contributed by atoms with Crippen molar-refractivity contribution in [1.29, 1.82) is 0 Å². The van der Waals surface area contributed by atoms with Crippen molar-refractivity contribution in [2.45, 2.75) is 32.6 Å². The minimum atomic E-state index is -0.362. The van der Waals surface area contributed by atoms with Crippen LogP contribution in [0, 0.1) is 0 Å². The highest BCUT2D eigenvalue weighted by Crippen LogP contribution is 2.23. The summed E-state index contributed by atoms with van der Waals surface area (Å²) in [5.41, 5.74) is 5.46. The number of hydrogen-bond donors (Lipinski definition) is 1. The first kappa shape index (κ1) is 17.9. The van der Waals surface area contributed by atoms with E-state index < -0.39 is 0 Å². The Balaban J connectivity index is 1.55. The molecule has 4 heteroatoms. The number of benzene rings is 2. The summed E-state index contributed by atoms with van der Waals surface area (Å²) in [4.78, 5) is 23.6. The van der Waals surface area contributed by atoms with Gasteiger partial charge in [0.15, 0.2) is 0 Å². The lowest BCUT2D eigenvalue weighted by Gasteiger charge is -2.07. The fourth-order valence-corrected chi connectivity index (χ4v) is 3.16. The van der Waals surface area contributed by atoms with Crippen molar-refractivity contribution in [3.05, 3.63) is 70.8 Å². The van der Waals surface area contributed by atoms with Gasteiger partial charge in [0.1, 0.15) is 0 Å². The van der Waals surface area contributed by atoms with Crippen LogP contribution in [0.5, 0.6) is 0 Å². The van der Waals surface area contributed by atoms with Crippen LogP contribution in [0.25, 0.3) is 6.08 Å². The van der Waals surface area contributed by atoms with E-state index in [-0.39, 0.29) is 11.9 Å². The summed E-state index contributed by atoms with van der Waals surface area (Å²) in [6.45, 7) is 2.13. The Labute approximate surface area is 153 Å². The van der Waals surface area contributed by atoms with Crippen molar-refractivity contribution in [1.82, 2.24) is 0 Å². The molecule has 0 heterocycles. The lowest BCUT2D eigenvalue weighted by molar-refractivity contribution is -0.137. The van der Waals surface area contributed by atoms with Crippen LogP contribution in [0.3, 0.4) is 0 Å². The molecule has 1 amide bonds. The highest BCUT2D eigenvalue weighted by molar-refractivity contribution is 5.92. The maximum atomic E-state index is 12.3.